The van der Waals surface area contributed by atoms with Gasteiger partial charge in [-0.1, -0.05) is 0 Å². The second-order valence-electron chi connectivity index (χ2n) is 3.66. The first kappa shape index (κ1) is 15.2. The Hall–Kier alpha value is -1.86. The number of carbonyl (C=O) groups is 2. The molecule has 0 atom stereocenters. The summed E-state index contributed by atoms with van der Waals surface area (Å²) >= 11 is 0. The lowest BCUT2D eigenvalue weighted by atomic mass is 9.95. The molecule has 0 amide bonds. The maximum atomic E-state index is 12.7. The zero-order valence-corrected chi connectivity index (χ0v) is 9.32. The van der Waals surface area contributed by atoms with E-state index in [9.17, 15) is 35.9 Å². The molecular weight excluding hydrogens is 278 g/mol. The Labute approximate surface area is 103 Å². The summed E-state index contributed by atoms with van der Waals surface area (Å²) < 4.78 is 75.9. The molecule has 0 N–H and O–H groups in total. The lowest BCUT2D eigenvalue weighted by Gasteiger charge is -2.18. The van der Waals surface area contributed by atoms with E-state index in [1.165, 1.54) is 0 Å². The minimum Gasteiger partial charge on any atom is -0.298 e. The Bertz CT molecular complexity index is 527. The number of rotatable bonds is 2. The fourth-order valence-corrected chi connectivity index (χ4v) is 1.54. The van der Waals surface area contributed by atoms with E-state index in [1.54, 1.807) is 0 Å². The number of alkyl halides is 6. The Morgan fingerprint density at radius 3 is 1.89 bits per heavy atom. The molecule has 0 radical (unpaired) electrons. The Kier molecular flexibility index (Phi) is 3.74. The molecule has 0 spiro atoms. The summed E-state index contributed by atoms with van der Waals surface area (Å²) in [6, 6.07) is 0.565. The molecule has 0 aliphatic carbocycles. The molecule has 0 fully saturated rings. The monoisotopic (exact) mass is 284 g/mol. The van der Waals surface area contributed by atoms with Crippen molar-refractivity contribution in [3.63, 3.8) is 0 Å². The van der Waals surface area contributed by atoms with Gasteiger partial charge in [0.2, 0.25) is 0 Å². The largest absolute Gasteiger partial charge is 0.417 e. The molecular formula is C11H6F6O2. The van der Waals surface area contributed by atoms with Crippen LogP contribution in [0.5, 0.6) is 0 Å². The Morgan fingerprint density at radius 1 is 1.05 bits per heavy atom. The molecule has 1 aromatic carbocycles. The molecule has 0 bridgehead atoms. The summed E-state index contributed by atoms with van der Waals surface area (Å²) in [5, 5.41) is 0. The van der Waals surface area contributed by atoms with Gasteiger partial charge in [-0.15, -0.1) is 0 Å². The highest BCUT2D eigenvalue weighted by molar-refractivity contribution is 5.97. The van der Waals surface area contributed by atoms with Crippen molar-refractivity contribution in [1.82, 2.24) is 0 Å². The van der Waals surface area contributed by atoms with Gasteiger partial charge in [0.1, 0.15) is 6.29 Å². The van der Waals surface area contributed by atoms with Crippen molar-refractivity contribution >= 4 is 12.1 Å². The molecule has 104 valence electrons. The summed E-state index contributed by atoms with van der Waals surface area (Å²) in [6.45, 7) is 0.694. The van der Waals surface area contributed by atoms with E-state index in [-0.39, 0.29) is 12.4 Å². The number of hydrogen-bond donors (Lipinski definition) is 0. The molecule has 8 heteroatoms. The lowest BCUT2D eigenvalue weighted by molar-refractivity contribution is -0.162. The van der Waals surface area contributed by atoms with Gasteiger partial charge in [-0.2, -0.15) is 26.3 Å². The van der Waals surface area contributed by atoms with Crippen LogP contribution in [-0.4, -0.2) is 12.1 Å². The highest BCUT2D eigenvalue weighted by Crippen LogP contribution is 2.42. The summed E-state index contributed by atoms with van der Waals surface area (Å²) in [6.07, 6.45) is -10.7. The predicted molar refractivity (Wildman–Crippen MR) is 51.8 cm³/mol. The van der Waals surface area contributed by atoms with E-state index in [2.05, 4.69) is 0 Å². The second kappa shape index (κ2) is 4.67. The molecule has 1 rings (SSSR count). The first-order valence-corrected chi connectivity index (χ1v) is 4.77. The Morgan fingerprint density at radius 2 is 1.58 bits per heavy atom. The number of aldehydes is 1. The van der Waals surface area contributed by atoms with Gasteiger partial charge >= 0.3 is 12.4 Å². The van der Waals surface area contributed by atoms with Crippen LogP contribution in [0.1, 0.15) is 38.8 Å². The number of carbonyl (C=O) groups excluding carboxylic acids is 2. The van der Waals surface area contributed by atoms with Crippen LogP contribution in [-0.2, 0) is 12.4 Å². The molecule has 1 aromatic rings. The van der Waals surface area contributed by atoms with Crippen molar-refractivity contribution in [3.05, 3.63) is 34.4 Å². The van der Waals surface area contributed by atoms with Crippen LogP contribution >= 0.6 is 0 Å². The molecule has 0 heterocycles. The van der Waals surface area contributed by atoms with Gasteiger partial charge in [-0.05, 0) is 19.1 Å². The Balaban J connectivity index is 3.82. The summed E-state index contributed by atoms with van der Waals surface area (Å²) in [5.41, 5.74) is -5.94. The van der Waals surface area contributed by atoms with Crippen LogP contribution in [0.15, 0.2) is 12.1 Å². The number of benzene rings is 1. The zero-order valence-electron chi connectivity index (χ0n) is 9.32. The van der Waals surface area contributed by atoms with Crippen LogP contribution in [0.4, 0.5) is 26.3 Å². The molecule has 0 saturated carbocycles. The van der Waals surface area contributed by atoms with Gasteiger partial charge in [0, 0.05) is 11.1 Å². The average Bonchev–Trinajstić information content (AvgIpc) is 2.24. The third kappa shape index (κ3) is 3.12. The van der Waals surface area contributed by atoms with Crippen LogP contribution in [0.2, 0.25) is 0 Å². The molecule has 2 nitrogen and oxygen atoms in total. The molecule has 0 aliphatic heterocycles. The topological polar surface area (TPSA) is 34.1 Å². The minimum absolute atomic E-state index is 0.0537. The van der Waals surface area contributed by atoms with Crippen molar-refractivity contribution in [2.75, 3.05) is 0 Å². The average molecular weight is 284 g/mol. The van der Waals surface area contributed by atoms with Crippen LogP contribution in [0, 0.1) is 0 Å². The third-order valence-corrected chi connectivity index (χ3v) is 2.26. The summed E-state index contributed by atoms with van der Waals surface area (Å²) in [5.74, 6) is -1.21. The fourth-order valence-electron chi connectivity index (χ4n) is 1.54. The molecule has 0 aromatic heterocycles. The second-order valence-corrected chi connectivity index (χ2v) is 3.66. The number of hydrogen-bond acceptors (Lipinski definition) is 2. The summed E-state index contributed by atoms with van der Waals surface area (Å²) in [7, 11) is 0. The predicted octanol–water partition coefficient (Wildman–Crippen LogP) is 3.74. The van der Waals surface area contributed by atoms with Crippen molar-refractivity contribution < 1.29 is 35.9 Å². The normalized spacial score (nSPS) is 12.4. The van der Waals surface area contributed by atoms with E-state index in [0.717, 1.165) is 0 Å². The van der Waals surface area contributed by atoms with E-state index in [1.807, 2.05) is 0 Å². The van der Waals surface area contributed by atoms with Gasteiger partial charge in [-0.3, -0.25) is 9.59 Å². The molecule has 0 unspecified atom stereocenters. The number of ketones is 1. The summed E-state index contributed by atoms with van der Waals surface area (Å²) in [4.78, 5) is 21.5. The highest BCUT2D eigenvalue weighted by atomic mass is 19.4. The van der Waals surface area contributed by atoms with Gasteiger partial charge in [0.25, 0.3) is 0 Å². The first-order valence-electron chi connectivity index (χ1n) is 4.77. The molecule has 0 saturated heterocycles. The van der Waals surface area contributed by atoms with Gasteiger partial charge in [-0.25, -0.2) is 0 Å². The van der Waals surface area contributed by atoms with Crippen molar-refractivity contribution in [2.24, 2.45) is 0 Å². The van der Waals surface area contributed by atoms with Gasteiger partial charge in [0.05, 0.1) is 11.1 Å². The van der Waals surface area contributed by atoms with Crippen molar-refractivity contribution in [2.45, 2.75) is 19.3 Å². The maximum Gasteiger partial charge on any atom is 0.417 e. The maximum absolute atomic E-state index is 12.7. The smallest absolute Gasteiger partial charge is 0.298 e. The van der Waals surface area contributed by atoms with Crippen LogP contribution in [0.3, 0.4) is 0 Å². The third-order valence-electron chi connectivity index (χ3n) is 2.26. The number of halogens is 6. The SMILES string of the molecule is CC(=O)c1cc(C=O)cc(C(F)(F)F)c1C(F)(F)F. The standard InChI is InChI=1S/C11H6F6O2/c1-5(19)7-2-6(4-18)3-8(10(12,13)14)9(7)11(15,16)17/h2-4H,1H3. The fraction of sp³-hybridized carbons (Fsp3) is 0.273. The van der Waals surface area contributed by atoms with Gasteiger partial charge < -0.3 is 0 Å². The number of Topliss-reactive ketones (excluding diaryl/α,β-unsaturated/α-hetero) is 1. The van der Waals surface area contributed by atoms with E-state index < -0.39 is 40.4 Å². The van der Waals surface area contributed by atoms with E-state index in [0.29, 0.717) is 13.0 Å². The highest BCUT2D eigenvalue weighted by Gasteiger charge is 2.45. The van der Waals surface area contributed by atoms with E-state index in [4.69, 9.17) is 0 Å². The first-order chi connectivity index (χ1) is 8.48. The zero-order chi connectivity index (χ0) is 15.0. The van der Waals surface area contributed by atoms with Crippen LogP contribution < -0.4 is 0 Å². The minimum atomic E-state index is -5.35. The van der Waals surface area contributed by atoms with Gasteiger partial charge in [0.15, 0.2) is 5.78 Å². The van der Waals surface area contributed by atoms with Crippen molar-refractivity contribution in [1.29, 1.82) is 0 Å². The van der Waals surface area contributed by atoms with Crippen molar-refractivity contribution in [3.8, 4) is 0 Å². The van der Waals surface area contributed by atoms with E-state index >= 15 is 0 Å². The molecule has 19 heavy (non-hydrogen) atoms. The van der Waals surface area contributed by atoms with Crippen LogP contribution in [0.25, 0.3) is 0 Å². The quantitative estimate of drug-likeness (QED) is 0.471. The molecule has 0 aliphatic rings. The lowest BCUT2D eigenvalue weighted by Crippen LogP contribution is -2.21.